The fourth-order valence-electron chi connectivity index (χ4n) is 1.03. The molecule has 0 fully saturated rings. The minimum Gasteiger partial charge on any atom is -0.382 e. The van der Waals surface area contributed by atoms with Crippen LogP contribution >= 0.6 is 0 Å². The van der Waals surface area contributed by atoms with E-state index in [0.29, 0.717) is 11.5 Å². The number of anilines is 1. The van der Waals surface area contributed by atoms with E-state index in [-0.39, 0.29) is 5.82 Å². The summed E-state index contributed by atoms with van der Waals surface area (Å²) in [5, 5.41) is 7.35. The molecule has 0 aliphatic carbocycles. The van der Waals surface area contributed by atoms with Crippen molar-refractivity contribution in [2.24, 2.45) is 0 Å². The first-order chi connectivity index (χ1) is 6.27. The van der Waals surface area contributed by atoms with Gasteiger partial charge in [-0.1, -0.05) is 5.21 Å². The van der Waals surface area contributed by atoms with E-state index in [0.717, 1.165) is 0 Å². The lowest BCUT2D eigenvalue weighted by molar-refractivity contribution is 0.627. The first-order valence-electron chi connectivity index (χ1n) is 3.69. The molecule has 0 radical (unpaired) electrons. The van der Waals surface area contributed by atoms with Gasteiger partial charge in [0.1, 0.15) is 11.6 Å². The molecule has 2 N–H and O–H groups in total. The van der Waals surface area contributed by atoms with Gasteiger partial charge in [0.25, 0.3) is 0 Å². The Labute approximate surface area is 73.8 Å². The highest BCUT2D eigenvalue weighted by Gasteiger charge is 2.01. The number of nitrogen functional groups attached to an aromatic ring is 1. The number of halogens is 1. The first kappa shape index (κ1) is 7.72. The molecular formula is C8H7FN4. The monoisotopic (exact) mass is 178 g/mol. The van der Waals surface area contributed by atoms with Gasteiger partial charge < -0.3 is 5.73 Å². The van der Waals surface area contributed by atoms with Crippen molar-refractivity contribution in [2.75, 3.05) is 5.73 Å². The molecule has 0 saturated heterocycles. The number of aromatic nitrogens is 3. The largest absolute Gasteiger partial charge is 0.382 e. The van der Waals surface area contributed by atoms with Crippen LogP contribution in [0.3, 0.4) is 0 Å². The lowest BCUT2D eigenvalue weighted by Crippen LogP contribution is -2.01. The van der Waals surface area contributed by atoms with Gasteiger partial charge in [-0.15, -0.1) is 5.10 Å². The molecule has 5 heteroatoms. The molecule has 0 amide bonds. The average molecular weight is 178 g/mol. The second-order valence-electron chi connectivity index (χ2n) is 2.55. The van der Waals surface area contributed by atoms with E-state index in [2.05, 4.69) is 10.3 Å². The Hall–Kier alpha value is -1.91. The number of nitrogens with zero attached hydrogens (tertiary/aromatic N) is 3. The second-order valence-corrected chi connectivity index (χ2v) is 2.55. The van der Waals surface area contributed by atoms with Crippen LogP contribution in [0.5, 0.6) is 0 Å². The van der Waals surface area contributed by atoms with Crippen molar-refractivity contribution in [3.05, 3.63) is 36.3 Å². The highest BCUT2D eigenvalue weighted by atomic mass is 19.1. The molecule has 2 rings (SSSR count). The number of rotatable bonds is 1. The van der Waals surface area contributed by atoms with Crippen LogP contribution in [-0.4, -0.2) is 15.0 Å². The topological polar surface area (TPSA) is 56.7 Å². The Morgan fingerprint density at radius 2 is 1.92 bits per heavy atom. The van der Waals surface area contributed by atoms with Crippen LogP contribution in [0.2, 0.25) is 0 Å². The molecule has 0 aliphatic rings. The Kier molecular flexibility index (Phi) is 1.70. The van der Waals surface area contributed by atoms with E-state index < -0.39 is 0 Å². The van der Waals surface area contributed by atoms with Gasteiger partial charge in [-0.05, 0) is 24.3 Å². The number of hydrogen-bond acceptors (Lipinski definition) is 3. The molecular weight excluding hydrogens is 171 g/mol. The van der Waals surface area contributed by atoms with Crippen molar-refractivity contribution in [1.82, 2.24) is 15.0 Å². The third-order valence-corrected chi connectivity index (χ3v) is 1.65. The lowest BCUT2D eigenvalue weighted by Gasteiger charge is -2.00. The van der Waals surface area contributed by atoms with Crippen LogP contribution in [0.4, 0.5) is 10.2 Å². The van der Waals surface area contributed by atoms with Gasteiger partial charge in [0.2, 0.25) is 0 Å². The predicted octanol–water partition coefficient (Wildman–Crippen LogP) is 0.989. The molecule has 0 aliphatic heterocycles. The molecule has 1 heterocycles. The van der Waals surface area contributed by atoms with E-state index in [1.54, 1.807) is 12.1 Å². The second kappa shape index (κ2) is 2.85. The van der Waals surface area contributed by atoms with Crippen LogP contribution < -0.4 is 5.73 Å². The summed E-state index contributed by atoms with van der Waals surface area (Å²) in [6.07, 6.45) is 1.43. The summed E-state index contributed by atoms with van der Waals surface area (Å²) in [5.74, 6) is 0.133. The Morgan fingerprint density at radius 1 is 1.23 bits per heavy atom. The zero-order chi connectivity index (χ0) is 9.26. The predicted molar refractivity (Wildman–Crippen MR) is 45.7 cm³/mol. The fourth-order valence-corrected chi connectivity index (χ4v) is 1.03. The van der Waals surface area contributed by atoms with E-state index in [1.807, 2.05) is 0 Å². The van der Waals surface area contributed by atoms with Crippen molar-refractivity contribution < 1.29 is 4.39 Å². The SMILES string of the molecule is Nc1cnnn1-c1ccc(F)cc1. The summed E-state index contributed by atoms with van der Waals surface area (Å²) in [6, 6.07) is 5.85. The summed E-state index contributed by atoms with van der Waals surface area (Å²) < 4.78 is 14.0. The molecule has 13 heavy (non-hydrogen) atoms. The van der Waals surface area contributed by atoms with Crippen LogP contribution in [0.1, 0.15) is 0 Å². The normalized spacial score (nSPS) is 10.2. The maximum atomic E-state index is 12.6. The van der Waals surface area contributed by atoms with E-state index >= 15 is 0 Å². The summed E-state index contributed by atoms with van der Waals surface area (Å²) in [7, 11) is 0. The maximum Gasteiger partial charge on any atom is 0.147 e. The molecule has 4 nitrogen and oxygen atoms in total. The van der Waals surface area contributed by atoms with Crippen molar-refractivity contribution in [3.8, 4) is 5.69 Å². The van der Waals surface area contributed by atoms with Gasteiger partial charge in [-0.2, -0.15) is 4.68 Å². The maximum absolute atomic E-state index is 12.6. The number of nitrogens with two attached hydrogens (primary N) is 1. The molecule has 0 bridgehead atoms. The van der Waals surface area contributed by atoms with Crippen LogP contribution in [-0.2, 0) is 0 Å². The molecule has 0 atom stereocenters. The standard InChI is InChI=1S/C8H7FN4/c9-6-1-3-7(4-2-6)13-8(10)5-11-12-13/h1-5H,10H2. The molecule has 2 aromatic rings. The third kappa shape index (κ3) is 1.35. The summed E-state index contributed by atoms with van der Waals surface area (Å²) in [5.41, 5.74) is 6.25. The van der Waals surface area contributed by atoms with Crippen molar-refractivity contribution in [1.29, 1.82) is 0 Å². The zero-order valence-electron chi connectivity index (χ0n) is 6.68. The molecule has 1 aromatic carbocycles. The summed E-state index contributed by atoms with van der Waals surface area (Å²) in [6.45, 7) is 0. The molecule has 1 aromatic heterocycles. The van der Waals surface area contributed by atoms with Gasteiger partial charge in [0.05, 0.1) is 11.9 Å². The Morgan fingerprint density at radius 3 is 2.46 bits per heavy atom. The van der Waals surface area contributed by atoms with Crippen molar-refractivity contribution >= 4 is 5.82 Å². The first-order valence-corrected chi connectivity index (χ1v) is 3.69. The lowest BCUT2D eigenvalue weighted by atomic mass is 10.3. The Bertz CT molecular complexity index is 406. The van der Waals surface area contributed by atoms with Gasteiger partial charge in [0, 0.05) is 0 Å². The third-order valence-electron chi connectivity index (χ3n) is 1.65. The van der Waals surface area contributed by atoms with E-state index in [1.165, 1.54) is 23.0 Å². The minimum absolute atomic E-state index is 0.289. The van der Waals surface area contributed by atoms with Gasteiger partial charge in [-0.3, -0.25) is 0 Å². The van der Waals surface area contributed by atoms with Crippen LogP contribution in [0.15, 0.2) is 30.5 Å². The van der Waals surface area contributed by atoms with Crippen LogP contribution in [0.25, 0.3) is 5.69 Å². The molecule has 0 saturated carbocycles. The van der Waals surface area contributed by atoms with Gasteiger partial charge in [-0.25, -0.2) is 4.39 Å². The fraction of sp³-hybridized carbons (Fsp3) is 0. The molecule has 66 valence electrons. The number of benzene rings is 1. The smallest absolute Gasteiger partial charge is 0.147 e. The van der Waals surface area contributed by atoms with E-state index in [9.17, 15) is 4.39 Å². The highest BCUT2D eigenvalue weighted by molar-refractivity contribution is 5.39. The van der Waals surface area contributed by atoms with Gasteiger partial charge in [0.15, 0.2) is 0 Å². The van der Waals surface area contributed by atoms with Gasteiger partial charge >= 0.3 is 0 Å². The minimum atomic E-state index is -0.289. The average Bonchev–Trinajstić information content (AvgIpc) is 2.53. The highest BCUT2D eigenvalue weighted by Crippen LogP contribution is 2.10. The number of hydrogen-bond donors (Lipinski definition) is 1. The zero-order valence-corrected chi connectivity index (χ0v) is 6.68. The quantitative estimate of drug-likeness (QED) is 0.708. The molecule has 0 unspecified atom stereocenters. The van der Waals surface area contributed by atoms with Crippen molar-refractivity contribution in [3.63, 3.8) is 0 Å². The molecule has 0 spiro atoms. The van der Waals surface area contributed by atoms with Crippen molar-refractivity contribution in [2.45, 2.75) is 0 Å². The van der Waals surface area contributed by atoms with Crippen LogP contribution in [0, 0.1) is 5.82 Å². The summed E-state index contributed by atoms with van der Waals surface area (Å²) >= 11 is 0. The van der Waals surface area contributed by atoms with E-state index in [4.69, 9.17) is 5.73 Å². The summed E-state index contributed by atoms with van der Waals surface area (Å²) in [4.78, 5) is 0. The Balaban J connectivity index is 2.47.